The Bertz CT molecular complexity index is 535. The van der Waals surface area contributed by atoms with Crippen LogP contribution in [-0.4, -0.2) is 57.4 Å². The van der Waals surface area contributed by atoms with E-state index in [0.29, 0.717) is 19.5 Å². The normalized spacial score (nSPS) is 21.9. The van der Waals surface area contributed by atoms with Crippen molar-refractivity contribution in [2.75, 3.05) is 20.1 Å². The molecule has 1 saturated heterocycles. The van der Waals surface area contributed by atoms with Gasteiger partial charge in [0.1, 0.15) is 5.54 Å². The Morgan fingerprint density at radius 3 is 2.86 bits per heavy atom. The Balaban J connectivity index is 1.99. The number of aromatic nitrogens is 1. The molecule has 0 aliphatic carbocycles. The third-order valence-electron chi connectivity index (χ3n) is 4.23. The van der Waals surface area contributed by atoms with Crippen molar-refractivity contribution in [3.05, 3.63) is 30.1 Å². The summed E-state index contributed by atoms with van der Waals surface area (Å²) in [6, 6.07) is 3.81. The van der Waals surface area contributed by atoms with Crippen molar-refractivity contribution in [3.8, 4) is 0 Å². The summed E-state index contributed by atoms with van der Waals surface area (Å²) in [6.07, 6.45) is 5.70. The van der Waals surface area contributed by atoms with Crippen molar-refractivity contribution in [2.45, 2.75) is 38.3 Å². The minimum absolute atomic E-state index is 0.129. The lowest BCUT2D eigenvalue weighted by molar-refractivity contribution is -0.161. The predicted molar refractivity (Wildman–Crippen MR) is 82.2 cm³/mol. The number of hydrogen-bond acceptors (Lipinski definition) is 4. The van der Waals surface area contributed by atoms with Crippen LogP contribution in [-0.2, 0) is 16.1 Å². The monoisotopic (exact) mass is 305 g/mol. The molecular formula is C16H23N3O3. The lowest BCUT2D eigenvalue weighted by atomic mass is 9.88. The van der Waals surface area contributed by atoms with Gasteiger partial charge in [0.25, 0.3) is 0 Å². The standard InChI is InChI=1S/C16H23N3O3/c1-16(15(21)22)7-3-4-9-19(16)14(20)12-18(2)11-13-6-5-8-17-10-13/h5-6,8,10H,3-4,7,9,11-12H2,1-2H3,(H,21,22)/t16-/m1/s1. The van der Waals surface area contributed by atoms with Gasteiger partial charge in [-0.1, -0.05) is 6.07 Å². The summed E-state index contributed by atoms with van der Waals surface area (Å²) >= 11 is 0. The topological polar surface area (TPSA) is 73.7 Å². The number of likely N-dealkylation sites (N-methyl/N-ethyl adjacent to an activating group) is 1. The molecule has 6 heteroatoms. The van der Waals surface area contributed by atoms with Gasteiger partial charge in [-0.15, -0.1) is 0 Å². The Labute approximate surface area is 130 Å². The third-order valence-corrected chi connectivity index (χ3v) is 4.23. The Morgan fingerprint density at radius 1 is 1.45 bits per heavy atom. The second-order valence-electron chi connectivity index (χ2n) is 6.12. The van der Waals surface area contributed by atoms with Gasteiger partial charge in [-0.05, 0) is 44.9 Å². The lowest BCUT2D eigenvalue weighted by Crippen LogP contribution is -2.59. The van der Waals surface area contributed by atoms with Crippen LogP contribution in [0.4, 0.5) is 0 Å². The smallest absolute Gasteiger partial charge is 0.329 e. The first kappa shape index (κ1) is 16.4. The van der Waals surface area contributed by atoms with Crippen LogP contribution < -0.4 is 0 Å². The molecule has 0 unspecified atom stereocenters. The molecule has 1 aromatic rings. The van der Waals surface area contributed by atoms with Gasteiger partial charge in [-0.2, -0.15) is 0 Å². The van der Waals surface area contributed by atoms with Crippen molar-refractivity contribution < 1.29 is 14.7 Å². The maximum atomic E-state index is 12.5. The number of piperidine rings is 1. The Morgan fingerprint density at radius 2 is 2.23 bits per heavy atom. The average molecular weight is 305 g/mol. The van der Waals surface area contributed by atoms with E-state index in [1.54, 1.807) is 19.3 Å². The number of carbonyl (C=O) groups is 2. The molecule has 6 nitrogen and oxygen atoms in total. The predicted octanol–water partition coefficient (Wildman–Crippen LogP) is 1.37. The summed E-state index contributed by atoms with van der Waals surface area (Å²) in [5.74, 6) is -1.05. The van der Waals surface area contributed by atoms with Gasteiger partial charge in [-0.3, -0.25) is 14.7 Å². The zero-order valence-electron chi connectivity index (χ0n) is 13.2. The summed E-state index contributed by atoms with van der Waals surface area (Å²) in [6.45, 7) is 2.98. The molecule has 1 aliphatic rings. The first-order chi connectivity index (χ1) is 10.4. The SMILES string of the molecule is CN(CC(=O)N1CCCC[C@]1(C)C(=O)O)Cc1cccnc1. The number of carboxylic acids is 1. The molecule has 0 radical (unpaired) electrons. The van der Waals surface area contributed by atoms with Crippen molar-refractivity contribution in [1.29, 1.82) is 0 Å². The van der Waals surface area contributed by atoms with E-state index >= 15 is 0 Å². The second kappa shape index (κ2) is 6.87. The quantitative estimate of drug-likeness (QED) is 0.889. The van der Waals surface area contributed by atoms with E-state index in [4.69, 9.17) is 0 Å². The van der Waals surface area contributed by atoms with E-state index in [9.17, 15) is 14.7 Å². The molecule has 22 heavy (non-hydrogen) atoms. The van der Waals surface area contributed by atoms with Gasteiger partial charge in [-0.25, -0.2) is 4.79 Å². The van der Waals surface area contributed by atoms with Crippen molar-refractivity contribution in [2.24, 2.45) is 0 Å². The minimum Gasteiger partial charge on any atom is -0.480 e. The van der Waals surface area contributed by atoms with Gasteiger partial charge in [0.2, 0.25) is 5.91 Å². The Kier molecular flexibility index (Phi) is 5.13. The second-order valence-corrected chi connectivity index (χ2v) is 6.12. The fraction of sp³-hybridized carbons (Fsp3) is 0.562. The maximum absolute atomic E-state index is 12.5. The molecule has 0 bridgehead atoms. The molecule has 2 rings (SSSR count). The summed E-state index contributed by atoms with van der Waals surface area (Å²) in [7, 11) is 1.85. The first-order valence-corrected chi connectivity index (χ1v) is 7.55. The molecule has 1 fully saturated rings. The van der Waals surface area contributed by atoms with E-state index in [-0.39, 0.29) is 12.5 Å². The number of aliphatic carboxylic acids is 1. The van der Waals surface area contributed by atoms with Crippen LogP contribution in [0.1, 0.15) is 31.7 Å². The number of likely N-dealkylation sites (tertiary alicyclic amines) is 1. The van der Waals surface area contributed by atoms with Gasteiger partial charge >= 0.3 is 5.97 Å². The number of carboxylic acid groups (broad SMARTS) is 1. The zero-order valence-corrected chi connectivity index (χ0v) is 13.2. The van der Waals surface area contributed by atoms with E-state index < -0.39 is 11.5 Å². The van der Waals surface area contributed by atoms with E-state index in [2.05, 4.69) is 4.98 Å². The fourth-order valence-corrected chi connectivity index (χ4v) is 2.92. The van der Waals surface area contributed by atoms with Gasteiger partial charge in [0.15, 0.2) is 0 Å². The van der Waals surface area contributed by atoms with Gasteiger partial charge in [0, 0.05) is 25.5 Å². The van der Waals surface area contributed by atoms with Crippen LogP contribution in [0.25, 0.3) is 0 Å². The summed E-state index contributed by atoms with van der Waals surface area (Å²) in [4.78, 5) is 31.5. The van der Waals surface area contributed by atoms with Crippen molar-refractivity contribution in [1.82, 2.24) is 14.8 Å². The first-order valence-electron chi connectivity index (χ1n) is 7.55. The number of amides is 1. The molecule has 0 saturated carbocycles. The molecule has 0 spiro atoms. The molecule has 120 valence electrons. The molecule has 1 N–H and O–H groups in total. The lowest BCUT2D eigenvalue weighted by Gasteiger charge is -2.42. The Hall–Kier alpha value is -1.95. The molecule has 1 aliphatic heterocycles. The molecule has 1 aromatic heterocycles. The molecule has 0 aromatic carbocycles. The number of rotatable bonds is 5. The molecular weight excluding hydrogens is 282 g/mol. The van der Waals surface area contributed by atoms with E-state index in [1.165, 1.54) is 4.90 Å². The number of hydrogen-bond donors (Lipinski definition) is 1. The number of nitrogens with zero attached hydrogens (tertiary/aromatic N) is 3. The highest BCUT2D eigenvalue weighted by Gasteiger charge is 2.43. The van der Waals surface area contributed by atoms with Gasteiger partial charge < -0.3 is 10.0 Å². The molecule has 1 amide bonds. The zero-order chi connectivity index (χ0) is 16.2. The van der Waals surface area contributed by atoms with Crippen LogP contribution >= 0.6 is 0 Å². The van der Waals surface area contributed by atoms with E-state index in [1.807, 2.05) is 24.1 Å². The molecule has 1 atom stereocenters. The fourth-order valence-electron chi connectivity index (χ4n) is 2.92. The maximum Gasteiger partial charge on any atom is 0.329 e. The minimum atomic E-state index is -1.08. The molecule has 2 heterocycles. The average Bonchev–Trinajstić information content (AvgIpc) is 2.48. The highest BCUT2D eigenvalue weighted by atomic mass is 16.4. The summed E-state index contributed by atoms with van der Waals surface area (Å²) in [5, 5.41) is 9.47. The van der Waals surface area contributed by atoms with Crippen LogP contribution in [0.3, 0.4) is 0 Å². The summed E-state index contributed by atoms with van der Waals surface area (Å²) < 4.78 is 0. The van der Waals surface area contributed by atoms with Crippen LogP contribution in [0.15, 0.2) is 24.5 Å². The van der Waals surface area contributed by atoms with Crippen LogP contribution in [0.5, 0.6) is 0 Å². The highest BCUT2D eigenvalue weighted by Crippen LogP contribution is 2.28. The van der Waals surface area contributed by atoms with Crippen LogP contribution in [0, 0.1) is 0 Å². The highest BCUT2D eigenvalue weighted by molar-refractivity contribution is 5.87. The van der Waals surface area contributed by atoms with E-state index in [0.717, 1.165) is 18.4 Å². The largest absolute Gasteiger partial charge is 0.480 e. The van der Waals surface area contributed by atoms with Crippen LogP contribution in [0.2, 0.25) is 0 Å². The third kappa shape index (κ3) is 3.62. The van der Waals surface area contributed by atoms with Crippen molar-refractivity contribution in [3.63, 3.8) is 0 Å². The van der Waals surface area contributed by atoms with Gasteiger partial charge in [0.05, 0.1) is 6.54 Å². The summed E-state index contributed by atoms with van der Waals surface area (Å²) in [5.41, 5.74) is -0.0535. The number of pyridine rings is 1. The van der Waals surface area contributed by atoms with Crippen molar-refractivity contribution >= 4 is 11.9 Å². The number of carbonyl (C=O) groups excluding carboxylic acids is 1.